The van der Waals surface area contributed by atoms with Crippen molar-refractivity contribution in [2.75, 3.05) is 4.72 Å². The molecule has 0 saturated heterocycles. The number of rotatable bonds is 4. The minimum absolute atomic E-state index is 0.0713. The fraction of sp³-hybridized carbons (Fsp3) is 0.0714. The van der Waals surface area contributed by atoms with E-state index in [1.807, 2.05) is 0 Å². The molecule has 0 bridgehead atoms. The van der Waals surface area contributed by atoms with Crippen molar-refractivity contribution >= 4 is 27.0 Å². The van der Waals surface area contributed by atoms with E-state index < -0.39 is 15.8 Å². The summed E-state index contributed by atoms with van der Waals surface area (Å²) in [5.74, 6) is -0.616. The maximum Gasteiger partial charge on any atom is 0.271 e. The molecule has 0 radical (unpaired) electrons. The Hall–Kier alpha value is -2.19. The molecule has 22 heavy (non-hydrogen) atoms. The number of aryl methyl sites for hydroxylation is 1. The fourth-order valence-electron chi connectivity index (χ4n) is 1.99. The Kier molecular flexibility index (Phi) is 3.71. The van der Waals surface area contributed by atoms with E-state index in [0.717, 1.165) is 22.6 Å². The predicted octanol–water partition coefficient (Wildman–Crippen LogP) is 3.09. The van der Waals surface area contributed by atoms with Gasteiger partial charge in [-0.1, -0.05) is 12.1 Å². The van der Waals surface area contributed by atoms with E-state index in [9.17, 15) is 12.8 Å². The number of nitrogens with one attached hydrogen (secondary N) is 1. The quantitative estimate of drug-likeness (QED) is 0.796. The van der Waals surface area contributed by atoms with Crippen LogP contribution in [-0.2, 0) is 17.1 Å². The summed E-state index contributed by atoms with van der Waals surface area (Å²) in [6.07, 6.45) is 1.64. The number of anilines is 1. The standard InChI is InChI=1S/C14H12FN3O2S2/c1-18-13(6-7-16-18)10-8-14(21-9-10)22(19,20)17-12-5-3-2-4-11(12)15/h2-9,17H,1H3. The van der Waals surface area contributed by atoms with Crippen molar-refractivity contribution in [2.45, 2.75) is 4.21 Å². The van der Waals surface area contributed by atoms with Crippen molar-refractivity contribution in [3.8, 4) is 11.3 Å². The molecule has 0 saturated carbocycles. The molecule has 0 aliphatic rings. The Morgan fingerprint density at radius 3 is 2.73 bits per heavy atom. The van der Waals surface area contributed by atoms with Crippen LogP contribution in [0.15, 0.2) is 52.2 Å². The van der Waals surface area contributed by atoms with Crippen molar-refractivity contribution in [3.63, 3.8) is 0 Å². The van der Waals surface area contributed by atoms with Crippen molar-refractivity contribution in [3.05, 3.63) is 53.8 Å². The average Bonchev–Trinajstić information content (AvgIpc) is 3.10. The maximum absolute atomic E-state index is 13.6. The Morgan fingerprint density at radius 2 is 2.05 bits per heavy atom. The number of halogens is 1. The number of aromatic nitrogens is 2. The summed E-state index contributed by atoms with van der Waals surface area (Å²) in [5, 5.41) is 5.78. The molecule has 0 fully saturated rings. The number of thiophene rings is 1. The van der Waals surface area contributed by atoms with Crippen molar-refractivity contribution < 1.29 is 12.8 Å². The summed E-state index contributed by atoms with van der Waals surface area (Å²) in [6, 6.07) is 8.98. The third kappa shape index (κ3) is 2.75. The first kappa shape index (κ1) is 14.7. The lowest BCUT2D eigenvalue weighted by Crippen LogP contribution is -2.12. The SMILES string of the molecule is Cn1nccc1-c1csc(S(=O)(=O)Nc2ccccc2F)c1. The molecule has 1 aromatic carbocycles. The van der Waals surface area contributed by atoms with E-state index in [4.69, 9.17) is 0 Å². The smallest absolute Gasteiger partial charge is 0.271 e. The fourth-order valence-corrected chi connectivity index (χ4v) is 4.23. The van der Waals surface area contributed by atoms with Gasteiger partial charge in [-0.25, -0.2) is 12.8 Å². The second-order valence-corrected chi connectivity index (χ2v) is 7.40. The Morgan fingerprint density at radius 1 is 1.27 bits per heavy atom. The first-order valence-electron chi connectivity index (χ1n) is 6.31. The lowest BCUT2D eigenvalue weighted by atomic mass is 10.2. The Labute approximate surface area is 131 Å². The predicted molar refractivity (Wildman–Crippen MR) is 83.7 cm³/mol. The van der Waals surface area contributed by atoms with Gasteiger partial charge in [0.1, 0.15) is 10.0 Å². The highest BCUT2D eigenvalue weighted by Crippen LogP contribution is 2.29. The van der Waals surface area contributed by atoms with Gasteiger partial charge in [0.05, 0.1) is 11.4 Å². The van der Waals surface area contributed by atoms with Crippen LogP contribution in [0.3, 0.4) is 0 Å². The van der Waals surface area contributed by atoms with Crippen LogP contribution in [0.5, 0.6) is 0 Å². The second kappa shape index (κ2) is 5.54. The van der Waals surface area contributed by atoms with Crippen LogP contribution < -0.4 is 4.72 Å². The van der Waals surface area contributed by atoms with Gasteiger partial charge in [0.15, 0.2) is 0 Å². The molecule has 114 valence electrons. The lowest BCUT2D eigenvalue weighted by Gasteiger charge is -2.06. The van der Waals surface area contributed by atoms with Gasteiger partial charge in [0.2, 0.25) is 0 Å². The minimum Gasteiger partial charge on any atom is -0.276 e. The van der Waals surface area contributed by atoms with Crippen LogP contribution in [0, 0.1) is 5.82 Å². The highest BCUT2D eigenvalue weighted by Gasteiger charge is 2.19. The third-order valence-corrected chi connectivity index (χ3v) is 5.88. The van der Waals surface area contributed by atoms with Crippen LogP contribution in [0.2, 0.25) is 0 Å². The monoisotopic (exact) mass is 337 g/mol. The Balaban J connectivity index is 1.92. The molecule has 0 aliphatic carbocycles. The molecule has 0 atom stereocenters. The molecule has 8 heteroatoms. The van der Waals surface area contributed by atoms with Gasteiger partial charge in [-0.2, -0.15) is 5.10 Å². The zero-order valence-electron chi connectivity index (χ0n) is 11.5. The number of hydrogen-bond donors (Lipinski definition) is 1. The van der Waals surface area contributed by atoms with Gasteiger partial charge in [-0.3, -0.25) is 9.40 Å². The number of hydrogen-bond acceptors (Lipinski definition) is 4. The van der Waals surface area contributed by atoms with Crippen LogP contribution >= 0.6 is 11.3 Å². The highest BCUT2D eigenvalue weighted by atomic mass is 32.2. The van der Waals surface area contributed by atoms with Gasteiger partial charge in [0, 0.05) is 24.2 Å². The van der Waals surface area contributed by atoms with E-state index in [1.54, 1.807) is 41.5 Å². The lowest BCUT2D eigenvalue weighted by molar-refractivity contribution is 0.600. The van der Waals surface area contributed by atoms with Crippen LogP contribution in [0.1, 0.15) is 0 Å². The van der Waals surface area contributed by atoms with E-state index in [-0.39, 0.29) is 9.90 Å². The van der Waals surface area contributed by atoms with E-state index in [0.29, 0.717) is 0 Å². The van der Waals surface area contributed by atoms with Gasteiger partial charge in [0.25, 0.3) is 10.0 Å². The maximum atomic E-state index is 13.6. The zero-order valence-corrected chi connectivity index (χ0v) is 13.2. The van der Waals surface area contributed by atoms with Crippen LogP contribution in [0.25, 0.3) is 11.3 Å². The van der Waals surface area contributed by atoms with Crippen molar-refractivity contribution in [2.24, 2.45) is 7.05 Å². The molecular formula is C14H12FN3O2S2. The molecule has 3 aromatic rings. The largest absolute Gasteiger partial charge is 0.276 e. The molecule has 0 aliphatic heterocycles. The highest BCUT2D eigenvalue weighted by molar-refractivity contribution is 7.94. The summed E-state index contributed by atoms with van der Waals surface area (Å²) in [5.41, 5.74) is 1.49. The second-order valence-electron chi connectivity index (χ2n) is 4.58. The normalized spacial score (nSPS) is 11.5. The molecule has 0 spiro atoms. The summed E-state index contributed by atoms with van der Waals surface area (Å²) in [7, 11) is -2.04. The third-order valence-electron chi connectivity index (χ3n) is 3.08. The first-order chi connectivity index (χ1) is 10.5. The molecule has 5 nitrogen and oxygen atoms in total. The topological polar surface area (TPSA) is 64.0 Å². The molecule has 2 aromatic heterocycles. The molecule has 0 amide bonds. The van der Waals surface area contributed by atoms with Crippen molar-refractivity contribution in [1.29, 1.82) is 0 Å². The molecule has 1 N–H and O–H groups in total. The van der Waals surface area contributed by atoms with Gasteiger partial charge >= 0.3 is 0 Å². The summed E-state index contributed by atoms with van der Waals surface area (Å²) in [4.78, 5) is 0. The first-order valence-corrected chi connectivity index (χ1v) is 8.68. The van der Waals surface area contributed by atoms with Gasteiger partial charge in [-0.05, 0) is 24.3 Å². The number of sulfonamides is 1. The average molecular weight is 337 g/mol. The van der Waals surface area contributed by atoms with E-state index >= 15 is 0 Å². The number of para-hydroxylation sites is 1. The van der Waals surface area contributed by atoms with E-state index in [1.165, 1.54) is 18.2 Å². The number of benzene rings is 1. The van der Waals surface area contributed by atoms with Crippen molar-refractivity contribution in [1.82, 2.24) is 9.78 Å². The Bertz CT molecular complexity index is 916. The van der Waals surface area contributed by atoms with Gasteiger partial charge in [-0.15, -0.1) is 11.3 Å². The summed E-state index contributed by atoms with van der Waals surface area (Å²) in [6.45, 7) is 0. The minimum atomic E-state index is -3.82. The summed E-state index contributed by atoms with van der Waals surface area (Å²) >= 11 is 1.07. The van der Waals surface area contributed by atoms with Crippen LogP contribution in [0.4, 0.5) is 10.1 Å². The zero-order chi connectivity index (χ0) is 15.7. The molecule has 2 heterocycles. The van der Waals surface area contributed by atoms with Gasteiger partial charge < -0.3 is 0 Å². The van der Waals surface area contributed by atoms with E-state index in [2.05, 4.69) is 9.82 Å². The molecule has 0 unspecified atom stereocenters. The summed E-state index contributed by atoms with van der Waals surface area (Å²) < 4.78 is 42.3. The number of nitrogens with zero attached hydrogens (tertiary/aromatic N) is 2. The molecular weight excluding hydrogens is 325 g/mol. The molecule has 3 rings (SSSR count). The van der Waals surface area contributed by atoms with Crippen LogP contribution in [-0.4, -0.2) is 18.2 Å².